The fourth-order valence-electron chi connectivity index (χ4n) is 2.97. The number of halogens is 2. The lowest BCUT2D eigenvalue weighted by Gasteiger charge is -2.10. The van der Waals surface area contributed by atoms with Gasteiger partial charge in [-0.2, -0.15) is 4.98 Å². The SMILES string of the molecule is CCC(C)c1cn(Cc2ncc(C)c(Cl)c2C)c2nc(N)nc(Cl)c12. The van der Waals surface area contributed by atoms with E-state index in [-0.39, 0.29) is 5.95 Å². The summed E-state index contributed by atoms with van der Waals surface area (Å²) in [4.78, 5) is 13.1. The van der Waals surface area contributed by atoms with Crippen LogP contribution in [0.2, 0.25) is 10.2 Å². The van der Waals surface area contributed by atoms with Crippen molar-refractivity contribution in [3.05, 3.63) is 45.0 Å². The minimum atomic E-state index is 0.166. The Kier molecular flexibility index (Phi) is 4.89. The Morgan fingerprint density at radius 1 is 1.24 bits per heavy atom. The maximum atomic E-state index is 6.38. The van der Waals surface area contributed by atoms with Crippen LogP contribution in [-0.4, -0.2) is 19.5 Å². The molecule has 0 saturated carbocycles. The molecule has 3 aromatic rings. The van der Waals surface area contributed by atoms with Crippen LogP contribution in [0.1, 0.15) is 48.6 Å². The highest BCUT2D eigenvalue weighted by Crippen LogP contribution is 2.34. The van der Waals surface area contributed by atoms with E-state index in [9.17, 15) is 0 Å². The normalized spacial score (nSPS) is 12.7. The lowest BCUT2D eigenvalue weighted by Crippen LogP contribution is -2.06. The first-order chi connectivity index (χ1) is 11.8. The number of rotatable bonds is 4. The third-order valence-electron chi connectivity index (χ3n) is 4.70. The molecular weight excluding hydrogens is 357 g/mol. The van der Waals surface area contributed by atoms with Gasteiger partial charge in [-0.05, 0) is 42.9 Å². The second kappa shape index (κ2) is 6.81. The third-order valence-corrected chi connectivity index (χ3v) is 5.56. The van der Waals surface area contributed by atoms with Gasteiger partial charge in [0.25, 0.3) is 0 Å². The first-order valence-electron chi connectivity index (χ1n) is 8.25. The summed E-state index contributed by atoms with van der Waals surface area (Å²) in [6.45, 7) is 8.79. The molecule has 0 bridgehead atoms. The van der Waals surface area contributed by atoms with Crippen molar-refractivity contribution in [1.29, 1.82) is 0 Å². The molecule has 25 heavy (non-hydrogen) atoms. The summed E-state index contributed by atoms with van der Waals surface area (Å²) in [6.07, 6.45) is 4.86. The molecular formula is C18H21Cl2N5. The van der Waals surface area contributed by atoms with Crippen LogP contribution in [0.3, 0.4) is 0 Å². The molecule has 0 spiro atoms. The van der Waals surface area contributed by atoms with Crippen LogP contribution in [0.25, 0.3) is 11.0 Å². The van der Waals surface area contributed by atoms with E-state index >= 15 is 0 Å². The summed E-state index contributed by atoms with van der Waals surface area (Å²) < 4.78 is 2.03. The standard InChI is InChI=1S/C18H21Cl2N5/c1-5-9(2)12-7-25(17-14(12)16(20)23-18(21)24-17)8-13-11(4)15(19)10(3)6-22-13/h6-7,9H,5,8H2,1-4H3,(H2,21,23,24). The summed E-state index contributed by atoms with van der Waals surface area (Å²) in [5.74, 6) is 0.503. The van der Waals surface area contributed by atoms with Gasteiger partial charge in [0.15, 0.2) is 0 Å². The van der Waals surface area contributed by atoms with Crippen molar-refractivity contribution in [2.75, 3.05) is 5.73 Å². The van der Waals surface area contributed by atoms with E-state index in [1.807, 2.05) is 18.4 Å². The molecule has 5 nitrogen and oxygen atoms in total. The average molecular weight is 378 g/mol. The molecule has 0 saturated heterocycles. The molecule has 1 unspecified atom stereocenters. The van der Waals surface area contributed by atoms with Crippen LogP contribution in [0.4, 0.5) is 5.95 Å². The van der Waals surface area contributed by atoms with Crippen molar-refractivity contribution in [2.45, 2.75) is 46.6 Å². The number of nitrogen functional groups attached to an aromatic ring is 1. The number of pyridine rings is 1. The van der Waals surface area contributed by atoms with E-state index in [4.69, 9.17) is 28.9 Å². The summed E-state index contributed by atoms with van der Waals surface area (Å²) in [6, 6.07) is 0. The average Bonchev–Trinajstić information content (AvgIpc) is 2.93. The highest BCUT2D eigenvalue weighted by molar-refractivity contribution is 6.34. The van der Waals surface area contributed by atoms with Gasteiger partial charge in [0.1, 0.15) is 10.8 Å². The number of hydrogen-bond donors (Lipinski definition) is 1. The lowest BCUT2D eigenvalue weighted by molar-refractivity contribution is 0.724. The summed E-state index contributed by atoms with van der Waals surface area (Å²) in [5, 5.41) is 2.00. The van der Waals surface area contributed by atoms with Crippen LogP contribution in [-0.2, 0) is 6.54 Å². The van der Waals surface area contributed by atoms with E-state index in [0.717, 1.165) is 44.9 Å². The minimum Gasteiger partial charge on any atom is -0.368 e. The Hall–Kier alpha value is -1.85. The molecule has 132 valence electrons. The van der Waals surface area contributed by atoms with Gasteiger partial charge < -0.3 is 10.3 Å². The van der Waals surface area contributed by atoms with Crippen molar-refractivity contribution in [1.82, 2.24) is 19.5 Å². The van der Waals surface area contributed by atoms with Crippen molar-refractivity contribution < 1.29 is 0 Å². The summed E-state index contributed by atoms with van der Waals surface area (Å²) in [5.41, 5.74) is 10.5. The van der Waals surface area contributed by atoms with E-state index in [1.54, 1.807) is 6.20 Å². The van der Waals surface area contributed by atoms with Crippen LogP contribution >= 0.6 is 23.2 Å². The molecule has 0 amide bonds. The van der Waals surface area contributed by atoms with Crippen LogP contribution in [0, 0.1) is 13.8 Å². The Bertz CT molecular complexity index is 949. The molecule has 1 atom stereocenters. The molecule has 0 aromatic carbocycles. The van der Waals surface area contributed by atoms with Gasteiger partial charge in [0, 0.05) is 17.4 Å². The van der Waals surface area contributed by atoms with Crippen LogP contribution < -0.4 is 5.73 Å². The van der Waals surface area contributed by atoms with Gasteiger partial charge in [0.2, 0.25) is 5.95 Å². The maximum absolute atomic E-state index is 6.38. The van der Waals surface area contributed by atoms with Crippen molar-refractivity contribution in [2.24, 2.45) is 0 Å². The summed E-state index contributed by atoms with van der Waals surface area (Å²) >= 11 is 12.8. The lowest BCUT2D eigenvalue weighted by atomic mass is 10.00. The fraction of sp³-hybridized carbons (Fsp3) is 0.389. The zero-order valence-electron chi connectivity index (χ0n) is 14.8. The Balaban J connectivity index is 2.18. The number of fused-ring (bicyclic) bond motifs is 1. The monoisotopic (exact) mass is 377 g/mol. The summed E-state index contributed by atoms with van der Waals surface area (Å²) in [7, 11) is 0. The molecule has 0 radical (unpaired) electrons. The number of aryl methyl sites for hydroxylation is 1. The van der Waals surface area contributed by atoms with E-state index in [0.29, 0.717) is 17.6 Å². The van der Waals surface area contributed by atoms with Crippen LogP contribution in [0.5, 0.6) is 0 Å². The number of nitrogens with zero attached hydrogens (tertiary/aromatic N) is 4. The number of nitrogens with two attached hydrogens (primary N) is 1. The highest BCUT2D eigenvalue weighted by Gasteiger charge is 2.19. The molecule has 0 aliphatic carbocycles. The predicted molar refractivity (Wildman–Crippen MR) is 103 cm³/mol. The van der Waals surface area contributed by atoms with E-state index < -0.39 is 0 Å². The van der Waals surface area contributed by atoms with Gasteiger partial charge in [-0.25, -0.2) is 4.98 Å². The second-order valence-electron chi connectivity index (χ2n) is 6.42. The number of aromatic nitrogens is 4. The highest BCUT2D eigenvalue weighted by atomic mass is 35.5. The molecule has 2 N–H and O–H groups in total. The predicted octanol–water partition coefficient (Wildman–Crippen LogP) is 4.89. The Labute approximate surface area is 157 Å². The van der Waals surface area contributed by atoms with Crippen molar-refractivity contribution >= 4 is 40.2 Å². The largest absolute Gasteiger partial charge is 0.368 e. The molecule has 0 fully saturated rings. The topological polar surface area (TPSA) is 69.6 Å². The van der Waals surface area contributed by atoms with E-state index in [1.165, 1.54) is 0 Å². The molecule has 3 rings (SSSR count). The smallest absolute Gasteiger partial charge is 0.223 e. The van der Waals surface area contributed by atoms with Gasteiger partial charge in [-0.15, -0.1) is 0 Å². The quantitative estimate of drug-likeness (QED) is 0.656. The molecule has 3 heterocycles. The van der Waals surface area contributed by atoms with Gasteiger partial charge >= 0.3 is 0 Å². The van der Waals surface area contributed by atoms with Gasteiger partial charge in [0.05, 0.1) is 17.6 Å². The fourth-order valence-corrected chi connectivity index (χ4v) is 3.41. The Morgan fingerprint density at radius 3 is 2.64 bits per heavy atom. The zero-order valence-corrected chi connectivity index (χ0v) is 16.3. The van der Waals surface area contributed by atoms with E-state index in [2.05, 4.69) is 35.0 Å². The number of anilines is 1. The first-order valence-corrected chi connectivity index (χ1v) is 9.01. The maximum Gasteiger partial charge on any atom is 0.223 e. The molecule has 0 aliphatic rings. The molecule has 7 heteroatoms. The zero-order chi connectivity index (χ0) is 18.3. The van der Waals surface area contributed by atoms with Crippen LogP contribution in [0.15, 0.2) is 12.4 Å². The van der Waals surface area contributed by atoms with Crippen molar-refractivity contribution in [3.63, 3.8) is 0 Å². The van der Waals surface area contributed by atoms with Gasteiger partial charge in [-0.3, -0.25) is 4.98 Å². The third kappa shape index (κ3) is 3.18. The second-order valence-corrected chi connectivity index (χ2v) is 7.16. The molecule has 0 aliphatic heterocycles. The van der Waals surface area contributed by atoms with Crippen molar-refractivity contribution in [3.8, 4) is 0 Å². The molecule has 3 aromatic heterocycles. The van der Waals surface area contributed by atoms with Gasteiger partial charge in [-0.1, -0.05) is 37.0 Å². The number of hydrogen-bond acceptors (Lipinski definition) is 4. The Morgan fingerprint density at radius 2 is 1.96 bits per heavy atom. The first kappa shape index (κ1) is 18.0. The minimum absolute atomic E-state index is 0.166.